The van der Waals surface area contributed by atoms with E-state index in [1.54, 1.807) is 11.3 Å². The van der Waals surface area contributed by atoms with Crippen LogP contribution in [0.25, 0.3) is 0 Å². The maximum atomic E-state index is 5.57. The van der Waals surface area contributed by atoms with Crippen molar-refractivity contribution >= 4 is 28.7 Å². The lowest BCUT2D eigenvalue weighted by atomic mass is 10.0. The van der Waals surface area contributed by atoms with E-state index in [-0.39, 0.29) is 12.1 Å². The summed E-state index contributed by atoms with van der Waals surface area (Å²) < 4.78 is 0. The van der Waals surface area contributed by atoms with Gasteiger partial charge in [0.25, 0.3) is 0 Å². The maximum Gasteiger partial charge on any atom is 0.170 e. The van der Waals surface area contributed by atoms with Gasteiger partial charge in [-0.15, -0.1) is 11.3 Å². The number of thiocarbonyl (C=S) groups is 1. The fraction of sp³-hybridized carbons (Fsp3) is 0.375. The Hall–Kier alpha value is -1.46. The summed E-state index contributed by atoms with van der Waals surface area (Å²) in [5, 5.41) is 6.44. The van der Waals surface area contributed by atoms with E-state index in [9.17, 15) is 0 Å². The highest BCUT2D eigenvalue weighted by molar-refractivity contribution is 7.80. The number of pyridine rings is 1. The molecule has 3 nitrogen and oxygen atoms in total. The van der Waals surface area contributed by atoms with Crippen molar-refractivity contribution in [2.75, 3.05) is 6.54 Å². The molecule has 0 aliphatic carbocycles. The number of nitrogens with zero attached hydrogens (tertiary/aromatic N) is 2. The first-order valence-electron chi connectivity index (χ1n) is 7.32. The van der Waals surface area contributed by atoms with E-state index < -0.39 is 0 Å². The molecule has 0 aromatic carbocycles. The molecule has 21 heavy (non-hydrogen) atoms. The fourth-order valence-corrected chi connectivity index (χ4v) is 3.95. The van der Waals surface area contributed by atoms with Crippen LogP contribution in [0.15, 0.2) is 41.9 Å². The third kappa shape index (κ3) is 2.94. The van der Waals surface area contributed by atoms with Crippen molar-refractivity contribution < 1.29 is 0 Å². The quantitative estimate of drug-likeness (QED) is 0.846. The number of hydrogen-bond acceptors (Lipinski definition) is 3. The molecule has 0 bridgehead atoms. The molecule has 3 heterocycles. The molecule has 0 saturated carbocycles. The molecule has 1 aliphatic heterocycles. The zero-order valence-corrected chi connectivity index (χ0v) is 13.7. The van der Waals surface area contributed by atoms with Crippen LogP contribution in [0, 0.1) is 0 Å². The highest BCUT2D eigenvalue weighted by Gasteiger charge is 2.39. The lowest BCUT2D eigenvalue weighted by molar-refractivity contribution is 0.317. The third-order valence-electron chi connectivity index (χ3n) is 3.79. The molecule has 2 atom stereocenters. The van der Waals surface area contributed by atoms with Gasteiger partial charge in [0.1, 0.15) is 0 Å². The summed E-state index contributed by atoms with van der Waals surface area (Å²) in [4.78, 5) is 8.19. The van der Waals surface area contributed by atoms with Gasteiger partial charge in [0.05, 0.1) is 17.8 Å². The average molecular weight is 317 g/mol. The summed E-state index contributed by atoms with van der Waals surface area (Å²) in [7, 11) is 0. The van der Waals surface area contributed by atoms with Crippen molar-refractivity contribution in [2.45, 2.75) is 31.8 Å². The molecular formula is C16H19N3S2. The van der Waals surface area contributed by atoms with Crippen molar-refractivity contribution in [1.82, 2.24) is 15.2 Å². The molecule has 0 amide bonds. The Balaban J connectivity index is 1.94. The molecular weight excluding hydrogens is 298 g/mol. The minimum Gasteiger partial charge on any atom is -0.352 e. The van der Waals surface area contributed by atoms with Crippen LogP contribution >= 0.6 is 23.6 Å². The Kier molecular flexibility index (Phi) is 4.51. The highest BCUT2D eigenvalue weighted by atomic mass is 32.1. The lowest BCUT2D eigenvalue weighted by Crippen LogP contribution is -2.30. The van der Waals surface area contributed by atoms with Gasteiger partial charge in [0.2, 0.25) is 0 Å². The first-order valence-corrected chi connectivity index (χ1v) is 8.61. The van der Waals surface area contributed by atoms with Gasteiger partial charge >= 0.3 is 0 Å². The molecule has 0 unspecified atom stereocenters. The van der Waals surface area contributed by atoms with Crippen LogP contribution in [0.2, 0.25) is 0 Å². The number of hydrogen-bond donors (Lipinski definition) is 1. The normalized spacial score (nSPS) is 21.6. The summed E-state index contributed by atoms with van der Waals surface area (Å²) in [6.07, 6.45) is 4.17. The van der Waals surface area contributed by atoms with Gasteiger partial charge in [-0.1, -0.05) is 25.5 Å². The molecule has 110 valence electrons. The predicted molar refractivity (Wildman–Crippen MR) is 91.4 cm³/mol. The summed E-state index contributed by atoms with van der Waals surface area (Å²) in [5.41, 5.74) is 1.05. The molecule has 1 aliphatic rings. The summed E-state index contributed by atoms with van der Waals surface area (Å²) >= 11 is 7.36. The van der Waals surface area contributed by atoms with E-state index in [1.807, 2.05) is 18.3 Å². The van der Waals surface area contributed by atoms with E-state index in [1.165, 1.54) is 11.3 Å². The fourth-order valence-electron chi connectivity index (χ4n) is 2.74. The van der Waals surface area contributed by atoms with Gasteiger partial charge in [-0.25, -0.2) is 0 Å². The number of rotatable bonds is 5. The van der Waals surface area contributed by atoms with Crippen LogP contribution in [0.5, 0.6) is 0 Å². The van der Waals surface area contributed by atoms with Crippen LogP contribution in [0.1, 0.15) is 42.4 Å². The predicted octanol–water partition coefficient (Wildman–Crippen LogP) is 3.92. The lowest BCUT2D eigenvalue weighted by Gasteiger charge is -2.26. The van der Waals surface area contributed by atoms with E-state index in [0.717, 1.165) is 23.8 Å². The molecule has 2 aromatic heterocycles. The molecule has 1 saturated heterocycles. The van der Waals surface area contributed by atoms with E-state index in [2.05, 4.69) is 45.7 Å². The van der Waals surface area contributed by atoms with Crippen LogP contribution in [0.4, 0.5) is 0 Å². The summed E-state index contributed by atoms with van der Waals surface area (Å²) in [5.74, 6) is 0. The van der Waals surface area contributed by atoms with E-state index in [4.69, 9.17) is 12.2 Å². The average Bonchev–Trinajstić information content (AvgIpc) is 3.13. The molecule has 0 radical (unpaired) electrons. The monoisotopic (exact) mass is 317 g/mol. The van der Waals surface area contributed by atoms with Gasteiger partial charge in [-0.2, -0.15) is 0 Å². The third-order valence-corrected chi connectivity index (χ3v) is 5.08. The van der Waals surface area contributed by atoms with Crippen LogP contribution in [-0.4, -0.2) is 21.5 Å². The van der Waals surface area contributed by atoms with Crippen molar-refractivity contribution in [1.29, 1.82) is 0 Å². The Labute approximate surface area is 135 Å². The van der Waals surface area contributed by atoms with Crippen molar-refractivity contribution in [3.8, 4) is 0 Å². The number of thiophene rings is 1. The van der Waals surface area contributed by atoms with E-state index >= 15 is 0 Å². The standard InChI is InChI=1S/C16H19N3S2/c1-2-3-10-19-15(13-8-6-11-21-13)14(18-16(19)20)12-7-4-5-9-17-12/h4-9,11,14-15H,2-3,10H2,1H3,(H,18,20)/t14-,15+/m0/s1. The largest absolute Gasteiger partial charge is 0.352 e. The second-order valence-corrected chi connectivity index (χ2v) is 6.55. The second kappa shape index (κ2) is 6.54. The van der Waals surface area contributed by atoms with Crippen molar-refractivity contribution in [3.05, 3.63) is 52.5 Å². The Morgan fingerprint density at radius 3 is 2.90 bits per heavy atom. The molecule has 1 fully saturated rings. The minimum atomic E-state index is 0.134. The van der Waals surface area contributed by atoms with E-state index in [0.29, 0.717) is 0 Å². The van der Waals surface area contributed by atoms with Gasteiger partial charge in [-0.3, -0.25) is 4.98 Å². The number of unbranched alkanes of at least 4 members (excludes halogenated alkanes) is 1. The first kappa shape index (κ1) is 14.5. The maximum absolute atomic E-state index is 5.57. The van der Waals surface area contributed by atoms with Crippen LogP contribution in [-0.2, 0) is 0 Å². The molecule has 5 heteroatoms. The Bertz CT molecular complexity index is 583. The second-order valence-electron chi connectivity index (χ2n) is 5.19. The van der Waals surface area contributed by atoms with Crippen molar-refractivity contribution in [3.63, 3.8) is 0 Å². The Morgan fingerprint density at radius 1 is 1.33 bits per heavy atom. The SMILES string of the molecule is CCCCN1C(=S)N[C@@H](c2ccccn2)[C@H]1c1cccs1. The van der Waals surface area contributed by atoms with Crippen LogP contribution < -0.4 is 5.32 Å². The highest BCUT2D eigenvalue weighted by Crippen LogP contribution is 2.40. The smallest absolute Gasteiger partial charge is 0.170 e. The summed E-state index contributed by atoms with van der Waals surface area (Å²) in [6, 6.07) is 10.7. The van der Waals surface area contributed by atoms with Gasteiger partial charge < -0.3 is 10.2 Å². The van der Waals surface area contributed by atoms with Gasteiger partial charge in [0.15, 0.2) is 5.11 Å². The summed E-state index contributed by atoms with van der Waals surface area (Å²) in [6.45, 7) is 3.21. The van der Waals surface area contributed by atoms with Crippen molar-refractivity contribution in [2.24, 2.45) is 0 Å². The molecule has 2 aromatic rings. The zero-order chi connectivity index (χ0) is 14.7. The number of aromatic nitrogens is 1. The first-order chi connectivity index (χ1) is 10.3. The zero-order valence-electron chi connectivity index (χ0n) is 12.0. The molecule has 1 N–H and O–H groups in total. The minimum absolute atomic E-state index is 0.134. The molecule has 0 spiro atoms. The topological polar surface area (TPSA) is 28.2 Å². The van der Waals surface area contributed by atoms with Gasteiger partial charge in [-0.05, 0) is 42.2 Å². The Morgan fingerprint density at radius 2 is 2.24 bits per heavy atom. The molecule has 3 rings (SSSR count). The van der Waals surface area contributed by atoms with Gasteiger partial charge in [0, 0.05) is 17.6 Å². The number of nitrogens with one attached hydrogen (secondary N) is 1. The van der Waals surface area contributed by atoms with Crippen LogP contribution in [0.3, 0.4) is 0 Å².